The number of nitrogens with zero attached hydrogens (tertiary/aromatic N) is 3. The highest BCUT2D eigenvalue weighted by Crippen LogP contribution is 2.39. The van der Waals surface area contributed by atoms with E-state index in [0.29, 0.717) is 5.71 Å². The third-order valence-corrected chi connectivity index (χ3v) is 4.45. The van der Waals surface area contributed by atoms with Crippen molar-refractivity contribution >= 4 is 28.1 Å². The van der Waals surface area contributed by atoms with Crippen molar-refractivity contribution in [2.45, 2.75) is 13.3 Å². The molecule has 2 aromatic rings. The quantitative estimate of drug-likeness (QED) is 0.895. The fourth-order valence-corrected chi connectivity index (χ4v) is 3.35. The summed E-state index contributed by atoms with van der Waals surface area (Å²) in [5.41, 5.74) is 5.91. The van der Waals surface area contributed by atoms with Gasteiger partial charge in [0.25, 0.3) is 0 Å². The maximum absolute atomic E-state index is 8.40. The second kappa shape index (κ2) is 5.07. The molecule has 0 spiro atoms. The van der Waals surface area contributed by atoms with E-state index in [-0.39, 0.29) is 0 Å². The maximum Gasteiger partial charge on any atom is 0.148 e. The Bertz CT molecular complexity index is 951. The lowest BCUT2D eigenvalue weighted by atomic mass is 9.84. The molecule has 5 nitrogen and oxygen atoms in total. The van der Waals surface area contributed by atoms with Crippen molar-refractivity contribution < 1.29 is 0 Å². The number of likely N-dealkylation sites (N-methyl/N-ethyl adjacent to an activating group) is 1. The molecule has 0 unspecified atom stereocenters. The van der Waals surface area contributed by atoms with Crippen molar-refractivity contribution in [3.05, 3.63) is 53.0 Å². The number of fused-ring (bicyclic) bond motifs is 1. The van der Waals surface area contributed by atoms with Crippen molar-refractivity contribution in [3.8, 4) is 0 Å². The second-order valence-corrected chi connectivity index (χ2v) is 5.82. The fraction of sp³-hybridized carbons (Fsp3) is 0.222. The average Bonchev–Trinajstić information content (AvgIpc) is 3.04. The van der Waals surface area contributed by atoms with E-state index in [1.807, 2.05) is 25.4 Å². The molecule has 2 aliphatic heterocycles. The summed E-state index contributed by atoms with van der Waals surface area (Å²) in [6, 6.07) is 6.15. The van der Waals surface area contributed by atoms with Crippen LogP contribution in [0.25, 0.3) is 16.5 Å². The molecule has 5 heteroatoms. The first-order valence-corrected chi connectivity index (χ1v) is 7.69. The maximum atomic E-state index is 8.40. The summed E-state index contributed by atoms with van der Waals surface area (Å²) in [6.07, 6.45) is 4.43. The summed E-state index contributed by atoms with van der Waals surface area (Å²) in [5, 5.41) is 16.7. The van der Waals surface area contributed by atoms with Crippen LogP contribution in [0.3, 0.4) is 0 Å². The number of aromatic amines is 1. The Morgan fingerprint density at radius 2 is 2.22 bits per heavy atom. The number of hydrogen-bond acceptors (Lipinski definition) is 4. The highest BCUT2D eigenvalue weighted by Gasteiger charge is 2.29. The number of hydrogen-bond donors (Lipinski definition) is 2. The lowest BCUT2D eigenvalue weighted by molar-refractivity contribution is 0.438. The van der Waals surface area contributed by atoms with E-state index in [1.54, 1.807) is 6.08 Å². The molecule has 1 aromatic carbocycles. The molecule has 3 heterocycles. The smallest absolute Gasteiger partial charge is 0.148 e. The third kappa shape index (κ3) is 1.98. The van der Waals surface area contributed by atoms with Gasteiger partial charge in [0.2, 0.25) is 0 Å². The van der Waals surface area contributed by atoms with Crippen LogP contribution in [0.5, 0.6) is 0 Å². The average molecular weight is 303 g/mol. The Hall–Kier alpha value is -2.91. The molecule has 23 heavy (non-hydrogen) atoms. The molecule has 2 N–H and O–H groups in total. The normalized spacial score (nSPS) is 17.5. The molecule has 0 saturated carbocycles. The lowest BCUT2D eigenvalue weighted by Gasteiger charge is -2.32. The van der Waals surface area contributed by atoms with Gasteiger partial charge in [0.05, 0.1) is 23.0 Å². The first kappa shape index (κ1) is 13.7. The summed E-state index contributed by atoms with van der Waals surface area (Å²) in [4.78, 5) is 6.50. The minimum Gasteiger partial charge on any atom is -0.354 e. The first-order valence-electron chi connectivity index (χ1n) is 7.69. The number of aromatic nitrogens is 2. The lowest BCUT2D eigenvalue weighted by Crippen LogP contribution is -2.29. The van der Waals surface area contributed by atoms with Crippen LogP contribution in [0.4, 0.5) is 0 Å². The van der Waals surface area contributed by atoms with Crippen molar-refractivity contribution in [2.75, 3.05) is 13.6 Å². The molecule has 0 atom stereocenters. The van der Waals surface area contributed by atoms with Crippen LogP contribution in [-0.2, 0) is 0 Å². The summed E-state index contributed by atoms with van der Waals surface area (Å²) in [5.74, 6) is 3.66. The minimum atomic E-state index is 0.461. The zero-order chi connectivity index (χ0) is 16.0. The number of rotatable bonds is 2. The van der Waals surface area contributed by atoms with Crippen LogP contribution in [0.1, 0.15) is 18.9 Å². The van der Waals surface area contributed by atoms with Crippen molar-refractivity contribution in [1.29, 1.82) is 5.41 Å². The van der Waals surface area contributed by atoms with Gasteiger partial charge in [-0.3, -0.25) is 10.5 Å². The molecule has 0 radical (unpaired) electrons. The molecule has 114 valence electrons. The van der Waals surface area contributed by atoms with Gasteiger partial charge in [-0.15, -0.1) is 0 Å². The zero-order valence-corrected chi connectivity index (χ0v) is 13.1. The van der Waals surface area contributed by atoms with Gasteiger partial charge in [0.15, 0.2) is 0 Å². The topological polar surface area (TPSA) is 68.1 Å². The van der Waals surface area contributed by atoms with Crippen molar-refractivity contribution in [3.63, 3.8) is 0 Å². The Morgan fingerprint density at radius 3 is 3.04 bits per heavy atom. The van der Waals surface area contributed by atoms with Crippen LogP contribution in [0.2, 0.25) is 0 Å². The van der Waals surface area contributed by atoms with Gasteiger partial charge in [-0.05, 0) is 35.1 Å². The van der Waals surface area contributed by atoms with Crippen molar-refractivity contribution in [2.24, 2.45) is 4.99 Å². The SMILES string of the molecule is CCC1=C(c2cccc3[nH]ncc23)C2=C(N=C=CC2=N)N(C)C1. The number of aliphatic imine (C=N–C) groups is 1. The predicted molar refractivity (Wildman–Crippen MR) is 92.7 cm³/mol. The molecule has 4 rings (SSSR count). The van der Waals surface area contributed by atoms with Crippen LogP contribution in [0.15, 0.2) is 52.4 Å². The number of H-pyrrole nitrogens is 1. The molecular formula is C18H17N5. The first-order chi connectivity index (χ1) is 11.2. The van der Waals surface area contributed by atoms with E-state index >= 15 is 0 Å². The standard InChI is InChI=1S/C18H17N5/c1-3-11-10-23(2)18-17(14(19)7-8-20-18)16(11)12-5-4-6-15-13(12)9-21-22-15/h4-7,9,19H,3,10H2,1-2H3,(H,21,22). The monoisotopic (exact) mass is 303 g/mol. The predicted octanol–water partition coefficient (Wildman–Crippen LogP) is 3.14. The minimum absolute atomic E-state index is 0.461. The zero-order valence-electron chi connectivity index (χ0n) is 13.1. The highest BCUT2D eigenvalue weighted by atomic mass is 15.2. The van der Waals surface area contributed by atoms with E-state index < -0.39 is 0 Å². The Kier molecular flexibility index (Phi) is 3.03. The van der Waals surface area contributed by atoms with Gasteiger partial charge in [-0.25, -0.2) is 0 Å². The summed E-state index contributed by atoms with van der Waals surface area (Å²) < 4.78 is 0. The van der Waals surface area contributed by atoms with Gasteiger partial charge in [0.1, 0.15) is 5.82 Å². The van der Waals surface area contributed by atoms with E-state index in [2.05, 4.69) is 38.9 Å². The van der Waals surface area contributed by atoms with Gasteiger partial charge in [-0.2, -0.15) is 10.1 Å². The van der Waals surface area contributed by atoms with E-state index in [9.17, 15) is 0 Å². The van der Waals surface area contributed by atoms with Crippen LogP contribution in [-0.4, -0.2) is 40.3 Å². The van der Waals surface area contributed by atoms with Gasteiger partial charge >= 0.3 is 0 Å². The molecule has 0 amide bonds. The van der Waals surface area contributed by atoms with Crippen LogP contribution in [0, 0.1) is 5.41 Å². The van der Waals surface area contributed by atoms with Crippen LogP contribution < -0.4 is 0 Å². The molecule has 0 saturated heterocycles. The Morgan fingerprint density at radius 1 is 1.35 bits per heavy atom. The molecular weight excluding hydrogens is 286 g/mol. The third-order valence-electron chi connectivity index (χ3n) is 4.45. The Balaban J connectivity index is 2.05. The molecule has 0 aliphatic carbocycles. The summed E-state index contributed by atoms with van der Waals surface area (Å²) >= 11 is 0. The summed E-state index contributed by atoms with van der Waals surface area (Å²) in [7, 11) is 2.02. The number of benzene rings is 1. The highest BCUT2D eigenvalue weighted by molar-refractivity contribution is 6.23. The van der Waals surface area contributed by atoms with E-state index in [4.69, 9.17) is 5.41 Å². The molecule has 1 aromatic heterocycles. The van der Waals surface area contributed by atoms with Gasteiger partial charge in [0, 0.05) is 25.1 Å². The summed E-state index contributed by atoms with van der Waals surface area (Å²) in [6.45, 7) is 2.98. The number of nitrogens with one attached hydrogen (secondary N) is 2. The van der Waals surface area contributed by atoms with Crippen LogP contribution >= 0.6 is 0 Å². The largest absolute Gasteiger partial charge is 0.354 e. The van der Waals surface area contributed by atoms with Gasteiger partial charge < -0.3 is 4.90 Å². The molecule has 0 fully saturated rings. The second-order valence-electron chi connectivity index (χ2n) is 5.82. The number of allylic oxidation sites excluding steroid dienone is 3. The van der Waals surface area contributed by atoms with E-state index in [0.717, 1.165) is 46.4 Å². The van der Waals surface area contributed by atoms with Crippen molar-refractivity contribution in [1.82, 2.24) is 15.1 Å². The molecule has 2 aliphatic rings. The van der Waals surface area contributed by atoms with Gasteiger partial charge in [-0.1, -0.05) is 19.1 Å². The Labute approximate surface area is 134 Å². The van der Waals surface area contributed by atoms with E-state index in [1.165, 1.54) is 5.57 Å². The fourth-order valence-electron chi connectivity index (χ4n) is 3.35. The molecule has 0 bridgehead atoms.